The van der Waals surface area contributed by atoms with E-state index in [1.54, 1.807) is 0 Å². The highest BCUT2D eigenvalue weighted by molar-refractivity contribution is 6.30. The van der Waals surface area contributed by atoms with Crippen molar-refractivity contribution in [1.29, 1.82) is 0 Å². The molecular formula is C7H4ClF3. The van der Waals surface area contributed by atoms with Crippen LogP contribution in [-0.4, -0.2) is 0 Å². The Morgan fingerprint density at radius 3 is 2.27 bits per heavy atom. The molecule has 0 nitrogen and oxygen atoms in total. The summed E-state index contributed by atoms with van der Waals surface area (Å²) in [6, 6.07) is 0.610. The Bertz CT molecular complexity index is 270. The minimum atomic E-state index is -1.19. The molecule has 0 amide bonds. The molecule has 0 unspecified atom stereocenters. The quantitative estimate of drug-likeness (QED) is 0.539. The van der Waals surface area contributed by atoms with Crippen LogP contribution in [0.1, 0.15) is 5.56 Å². The maximum atomic E-state index is 12.6. The lowest BCUT2D eigenvalue weighted by Gasteiger charge is -2.00. The van der Waals surface area contributed by atoms with E-state index in [0.29, 0.717) is 6.07 Å². The Balaban J connectivity index is 3.46. The van der Waals surface area contributed by atoms with Crippen molar-refractivity contribution in [1.82, 2.24) is 0 Å². The summed E-state index contributed by atoms with van der Waals surface area (Å²) in [5.41, 5.74) is -0.394. The van der Waals surface area contributed by atoms with E-state index in [-0.39, 0.29) is 0 Å². The summed E-state index contributed by atoms with van der Waals surface area (Å²) in [6.07, 6.45) is 0. The van der Waals surface area contributed by atoms with Crippen molar-refractivity contribution in [3.05, 3.63) is 34.1 Å². The van der Waals surface area contributed by atoms with Gasteiger partial charge in [-0.05, 0) is 13.0 Å². The molecule has 0 saturated carbocycles. The lowest BCUT2D eigenvalue weighted by Crippen LogP contribution is -1.93. The molecule has 0 aliphatic rings. The monoisotopic (exact) mass is 180 g/mol. The van der Waals surface area contributed by atoms with Crippen LogP contribution < -0.4 is 0 Å². The summed E-state index contributed by atoms with van der Waals surface area (Å²) in [5.74, 6) is -3.23. The lowest BCUT2D eigenvalue weighted by atomic mass is 10.2. The molecule has 0 spiro atoms. The molecular weight excluding hydrogens is 177 g/mol. The van der Waals surface area contributed by atoms with Crippen LogP contribution in [0.3, 0.4) is 0 Å². The first-order valence-electron chi connectivity index (χ1n) is 2.83. The van der Waals surface area contributed by atoms with Crippen LogP contribution in [0.2, 0.25) is 5.02 Å². The second-order valence-electron chi connectivity index (χ2n) is 2.09. The van der Waals surface area contributed by atoms with Gasteiger partial charge in [-0.3, -0.25) is 0 Å². The van der Waals surface area contributed by atoms with E-state index in [1.165, 1.54) is 0 Å². The van der Waals surface area contributed by atoms with Crippen LogP contribution in [-0.2, 0) is 0 Å². The van der Waals surface area contributed by atoms with Gasteiger partial charge in [-0.15, -0.1) is 0 Å². The second-order valence-corrected chi connectivity index (χ2v) is 2.50. The molecule has 0 aliphatic heterocycles. The molecule has 0 radical (unpaired) electrons. The fourth-order valence-corrected chi connectivity index (χ4v) is 0.930. The molecule has 0 fully saturated rings. The predicted molar refractivity (Wildman–Crippen MR) is 36.1 cm³/mol. The first kappa shape index (κ1) is 8.40. The smallest absolute Gasteiger partial charge is 0.164 e. The Labute approximate surface area is 66.6 Å². The van der Waals surface area contributed by atoms with Gasteiger partial charge in [-0.2, -0.15) is 0 Å². The number of hydrogen-bond donors (Lipinski definition) is 0. The summed E-state index contributed by atoms with van der Waals surface area (Å²) >= 11 is 5.21. The van der Waals surface area contributed by atoms with Crippen molar-refractivity contribution in [3.8, 4) is 0 Å². The molecule has 11 heavy (non-hydrogen) atoms. The summed E-state index contributed by atoms with van der Waals surface area (Å²) in [6.45, 7) is 1.12. The third-order valence-electron chi connectivity index (χ3n) is 1.33. The van der Waals surface area contributed by atoms with Crippen molar-refractivity contribution in [2.45, 2.75) is 6.92 Å². The Kier molecular flexibility index (Phi) is 2.09. The third kappa shape index (κ3) is 1.33. The van der Waals surface area contributed by atoms with Crippen LogP contribution in [0.4, 0.5) is 13.2 Å². The first-order valence-corrected chi connectivity index (χ1v) is 3.21. The van der Waals surface area contributed by atoms with E-state index in [4.69, 9.17) is 11.6 Å². The molecule has 0 heterocycles. The van der Waals surface area contributed by atoms with Crippen LogP contribution in [0.5, 0.6) is 0 Å². The summed E-state index contributed by atoms with van der Waals surface area (Å²) in [4.78, 5) is 0. The largest absolute Gasteiger partial charge is 0.205 e. The van der Waals surface area contributed by atoms with E-state index in [2.05, 4.69) is 0 Å². The maximum Gasteiger partial charge on any atom is 0.164 e. The molecule has 4 heteroatoms. The fourth-order valence-electron chi connectivity index (χ4n) is 0.693. The highest BCUT2D eigenvalue weighted by Crippen LogP contribution is 2.22. The average Bonchev–Trinajstić information content (AvgIpc) is 1.97. The van der Waals surface area contributed by atoms with Crippen molar-refractivity contribution in [2.24, 2.45) is 0 Å². The van der Waals surface area contributed by atoms with E-state index < -0.39 is 28.0 Å². The van der Waals surface area contributed by atoms with E-state index >= 15 is 0 Å². The minimum Gasteiger partial charge on any atom is -0.205 e. The number of benzene rings is 1. The average molecular weight is 181 g/mol. The van der Waals surface area contributed by atoms with Gasteiger partial charge in [-0.25, -0.2) is 13.2 Å². The van der Waals surface area contributed by atoms with Crippen LogP contribution in [0.25, 0.3) is 0 Å². The number of rotatable bonds is 0. The van der Waals surface area contributed by atoms with E-state index in [9.17, 15) is 13.2 Å². The molecule has 0 saturated heterocycles. The van der Waals surface area contributed by atoms with Crippen molar-refractivity contribution in [3.63, 3.8) is 0 Å². The van der Waals surface area contributed by atoms with Gasteiger partial charge in [0.1, 0.15) is 5.82 Å². The summed E-state index contributed by atoms with van der Waals surface area (Å²) < 4.78 is 37.5. The minimum absolute atomic E-state index is 0.394. The Hall–Kier alpha value is -0.700. The molecule has 0 aliphatic carbocycles. The number of hydrogen-bond acceptors (Lipinski definition) is 0. The molecule has 1 aromatic rings. The van der Waals surface area contributed by atoms with Crippen LogP contribution in [0, 0.1) is 24.4 Å². The van der Waals surface area contributed by atoms with Crippen molar-refractivity contribution in [2.75, 3.05) is 0 Å². The standard InChI is InChI=1S/C7H4ClF3/c1-3-6(10)4(8)2-5(9)7(3)11/h2H,1H3. The highest BCUT2D eigenvalue weighted by atomic mass is 35.5. The zero-order valence-electron chi connectivity index (χ0n) is 5.59. The normalized spacial score (nSPS) is 10.3. The Morgan fingerprint density at radius 2 is 1.73 bits per heavy atom. The maximum absolute atomic E-state index is 12.6. The van der Waals surface area contributed by atoms with Crippen molar-refractivity contribution >= 4 is 11.6 Å². The van der Waals surface area contributed by atoms with Gasteiger partial charge < -0.3 is 0 Å². The molecule has 1 aromatic carbocycles. The van der Waals surface area contributed by atoms with E-state index in [0.717, 1.165) is 6.92 Å². The van der Waals surface area contributed by atoms with Gasteiger partial charge in [0.2, 0.25) is 0 Å². The lowest BCUT2D eigenvalue weighted by molar-refractivity contribution is 0.486. The number of halogens is 4. The van der Waals surface area contributed by atoms with E-state index in [1.807, 2.05) is 0 Å². The third-order valence-corrected chi connectivity index (χ3v) is 1.61. The summed E-state index contributed by atoms with van der Waals surface area (Å²) in [7, 11) is 0. The molecule has 0 atom stereocenters. The molecule has 0 bridgehead atoms. The first-order chi connectivity index (χ1) is 5.04. The van der Waals surface area contributed by atoms with Gasteiger partial charge in [0.05, 0.1) is 5.02 Å². The zero-order chi connectivity index (χ0) is 8.59. The molecule has 60 valence electrons. The predicted octanol–water partition coefficient (Wildman–Crippen LogP) is 3.07. The van der Waals surface area contributed by atoms with Gasteiger partial charge >= 0.3 is 0 Å². The SMILES string of the molecule is Cc1c(F)c(F)cc(Cl)c1F. The van der Waals surface area contributed by atoms with Gasteiger partial charge in [-0.1, -0.05) is 11.6 Å². The second kappa shape index (κ2) is 2.74. The molecule has 0 N–H and O–H groups in total. The fraction of sp³-hybridized carbons (Fsp3) is 0.143. The zero-order valence-corrected chi connectivity index (χ0v) is 6.35. The summed E-state index contributed by atoms with van der Waals surface area (Å²) in [5, 5.41) is -0.401. The molecule has 0 aromatic heterocycles. The van der Waals surface area contributed by atoms with Crippen LogP contribution >= 0.6 is 11.6 Å². The van der Waals surface area contributed by atoms with Crippen molar-refractivity contribution < 1.29 is 13.2 Å². The molecule has 1 rings (SSSR count). The Morgan fingerprint density at radius 1 is 1.18 bits per heavy atom. The van der Waals surface area contributed by atoms with Gasteiger partial charge in [0, 0.05) is 5.56 Å². The van der Waals surface area contributed by atoms with Gasteiger partial charge in [0.15, 0.2) is 11.6 Å². The topological polar surface area (TPSA) is 0 Å². The van der Waals surface area contributed by atoms with Crippen LogP contribution in [0.15, 0.2) is 6.07 Å². The van der Waals surface area contributed by atoms with Gasteiger partial charge in [0.25, 0.3) is 0 Å². The highest BCUT2D eigenvalue weighted by Gasteiger charge is 2.13.